The van der Waals surface area contributed by atoms with Crippen molar-refractivity contribution in [3.8, 4) is 11.5 Å². The Labute approximate surface area is 360 Å². The van der Waals surface area contributed by atoms with Gasteiger partial charge in [-0.2, -0.15) is 0 Å². The number of amides is 2. The first-order chi connectivity index (χ1) is 25.7. The maximum absolute atomic E-state index is 13.4. The smallest absolute Gasteiger partial charge is 0.414 e. The maximum atomic E-state index is 13.4. The fourth-order valence-corrected chi connectivity index (χ4v) is 6.94. The number of hydrogen-bond acceptors (Lipinski definition) is 6. The van der Waals surface area contributed by atoms with Crippen molar-refractivity contribution >= 4 is 23.8 Å². The summed E-state index contributed by atoms with van der Waals surface area (Å²) in [7, 11) is 10.9. The van der Waals surface area contributed by atoms with E-state index >= 15 is 0 Å². The maximum Gasteiger partial charge on any atom is 0.414 e. The van der Waals surface area contributed by atoms with Crippen molar-refractivity contribution in [2.24, 2.45) is 0 Å². The lowest BCUT2D eigenvalue weighted by molar-refractivity contribution is -0.915. The molecule has 0 bridgehead atoms. The number of para-hydroxylation sites is 2. The van der Waals surface area contributed by atoms with Crippen molar-refractivity contribution in [1.29, 1.82) is 0 Å². The van der Waals surface area contributed by atoms with Crippen LogP contribution in [-0.4, -0.2) is 111 Å². The summed E-state index contributed by atoms with van der Waals surface area (Å²) in [6.07, 6.45) is 12.7. The minimum atomic E-state index is -0.418. The number of carbonyl (C=O) groups excluding carboxylic acids is 4. The number of halogens is 2. The second-order valence-electron chi connectivity index (χ2n) is 16.2. The van der Waals surface area contributed by atoms with Crippen LogP contribution >= 0.6 is 0 Å². The number of ether oxygens (including phenoxy) is 2. The summed E-state index contributed by atoms with van der Waals surface area (Å²) in [5.74, 6) is 1.59. The highest BCUT2D eigenvalue weighted by Crippen LogP contribution is 2.26. The molecule has 2 unspecified atom stereocenters. The van der Waals surface area contributed by atoms with E-state index in [1.165, 1.54) is 22.6 Å². The van der Waals surface area contributed by atoms with E-state index in [9.17, 15) is 19.2 Å². The molecule has 0 saturated carbocycles. The summed E-state index contributed by atoms with van der Waals surface area (Å²) in [6, 6.07) is 15.3. The summed E-state index contributed by atoms with van der Waals surface area (Å²) >= 11 is 0. The zero-order valence-corrected chi connectivity index (χ0v) is 38.9. The molecular formula is C44H72Br2N4O6. The molecule has 0 aromatic heterocycles. The average Bonchev–Trinajstić information content (AvgIpc) is 3.11. The molecule has 0 aliphatic rings. The van der Waals surface area contributed by atoms with Crippen molar-refractivity contribution in [2.45, 2.75) is 117 Å². The zero-order chi connectivity index (χ0) is 40.0. The molecule has 2 aromatic carbocycles. The van der Waals surface area contributed by atoms with Gasteiger partial charge in [0, 0.05) is 52.2 Å². The molecule has 2 atom stereocenters. The SMILES string of the molecule is CCCCCC[N+](C)(CC(=O)CCCCCCC(=O)C[N+](C)(CCCCCC)Cc1ccccc1OC(=O)N(C)C)Cc1ccccc1OC(=O)N(C)C.[Br-].[Br-]. The van der Waals surface area contributed by atoms with Crippen LogP contribution in [0.4, 0.5) is 9.59 Å². The van der Waals surface area contributed by atoms with E-state index in [1.807, 2.05) is 48.5 Å². The molecule has 0 fully saturated rings. The van der Waals surface area contributed by atoms with Gasteiger partial charge >= 0.3 is 12.2 Å². The number of benzene rings is 2. The fourth-order valence-electron chi connectivity index (χ4n) is 6.94. The summed E-state index contributed by atoms with van der Waals surface area (Å²) in [4.78, 5) is 54.3. The van der Waals surface area contributed by atoms with Crippen LogP contribution in [0.25, 0.3) is 0 Å². The summed E-state index contributed by atoms with van der Waals surface area (Å²) < 4.78 is 12.5. The first kappa shape index (κ1) is 53.2. The molecule has 2 amide bonds. The second kappa shape index (κ2) is 28.6. The van der Waals surface area contributed by atoms with Crippen molar-refractivity contribution in [1.82, 2.24) is 9.80 Å². The van der Waals surface area contributed by atoms with Gasteiger partial charge < -0.3 is 62.2 Å². The highest BCUT2D eigenvalue weighted by atomic mass is 79.9. The molecule has 0 aliphatic heterocycles. The fraction of sp³-hybridized carbons (Fsp3) is 0.636. The van der Waals surface area contributed by atoms with Crippen LogP contribution in [-0.2, 0) is 22.7 Å². The number of quaternary nitrogens is 2. The molecular weight excluding hydrogens is 840 g/mol. The average molecular weight is 913 g/mol. The lowest BCUT2D eigenvalue weighted by Crippen LogP contribution is -3.00. The van der Waals surface area contributed by atoms with E-state index < -0.39 is 12.2 Å². The third kappa shape index (κ3) is 21.1. The topological polar surface area (TPSA) is 93.2 Å². The predicted molar refractivity (Wildman–Crippen MR) is 218 cm³/mol. The summed E-state index contributed by atoms with van der Waals surface area (Å²) in [5.41, 5.74) is 1.85. The number of Topliss-reactive ketones (excluding diaryl/α,β-unsaturated/α-hetero) is 2. The van der Waals surface area contributed by atoms with E-state index in [-0.39, 0.29) is 45.5 Å². The predicted octanol–water partition coefficient (Wildman–Crippen LogP) is 3.05. The Balaban J connectivity index is 0.0000151. The van der Waals surface area contributed by atoms with Gasteiger partial charge in [0.15, 0.2) is 11.6 Å². The quantitative estimate of drug-likeness (QED) is 0.101. The molecule has 0 N–H and O–H groups in total. The van der Waals surface area contributed by atoms with Gasteiger partial charge in [0.05, 0.1) is 27.2 Å². The van der Waals surface area contributed by atoms with Crippen molar-refractivity contribution in [3.05, 3.63) is 59.7 Å². The van der Waals surface area contributed by atoms with Crippen LogP contribution < -0.4 is 43.4 Å². The summed E-state index contributed by atoms with van der Waals surface area (Å²) in [6.45, 7) is 8.26. The van der Waals surface area contributed by atoms with Gasteiger partial charge in [0.25, 0.3) is 0 Å². The molecule has 10 nitrogen and oxygen atoms in total. The van der Waals surface area contributed by atoms with Gasteiger partial charge in [0.2, 0.25) is 0 Å². The first-order valence-corrected chi connectivity index (χ1v) is 20.4. The molecule has 2 rings (SSSR count). The van der Waals surface area contributed by atoms with E-state index in [2.05, 4.69) is 27.9 Å². The number of hydrogen-bond donors (Lipinski definition) is 0. The number of likely N-dealkylation sites (N-methyl/N-ethyl adjacent to an activating group) is 2. The lowest BCUT2D eigenvalue weighted by atomic mass is 10.0. The normalized spacial score (nSPS) is 12.9. The Morgan fingerprint density at radius 3 is 1.20 bits per heavy atom. The van der Waals surface area contributed by atoms with Crippen molar-refractivity contribution < 1.29 is 71.6 Å². The third-order valence-electron chi connectivity index (χ3n) is 10.1. The molecule has 0 heterocycles. The van der Waals surface area contributed by atoms with Crippen LogP contribution in [0.2, 0.25) is 0 Å². The summed E-state index contributed by atoms with van der Waals surface area (Å²) in [5, 5.41) is 0. The minimum Gasteiger partial charge on any atom is -1.00 e. The highest BCUT2D eigenvalue weighted by molar-refractivity contribution is 5.80. The number of nitrogens with zero attached hydrogens (tertiary/aromatic N) is 4. The largest absolute Gasteiger partial charge is 1.00 e. The molecule has 2 aromatic rings. The zero-order valence-electron chi connectivity index (χ0n) is 35.8. The van der Waals surface area contributed by atoms with Crippen LogP contribution in [0.15, 0.2) is 48.5 Å². The Morgan fingerprint density at radius 1 is 0.518 bits per heavy atom. The van der Waals surface area contributed by atoms with Gasteiger partial charge in [-0.3, -0.25) is 9.59 Å². The van der Waals surface area contributed by atoms with Gasteiger partial charge in [-0.05, 0) is 62.8 Å². The Kier molecular flexibility index (Phi) is 27.1. The Morgan fingerprint density at radius 2 is 0.857 bits per heavy atom. The second-order valence-corrected chi connectivity index (χ2v) is 16.2. The standard InChI is InChI=1S/C44H72N4O6.2BrH/c1-9-11-13-23-31-47(7,33-37-25-19-21-29-41(37)53-43(51)45(3)4)35-39(49)27-17-15-16-18-28-40(50)36-48(8,32-24-14-12-10-2)34-38-26-20-22-30-42(38)54-44(52)46(5)6;;/h19-22,25-26,29-30H,9-18,23-24,27-28,31-36H2,1-8H3;2*1H/q+2;;/p-2. The first-order valence-electron chi connectivity index (χ1n) is 20.4. The van der Waals surface area contributed by atoms with Gasteiger partial charge in [-0.25, -0.2) is 9.59 Å². The van der Waals surface area contributed by atoms with Crippen LogP contribution in [0.1, 0.15) is 115 Å². The molecule has 318 valence electrons. The number of carbonyl (C=O) groups is 4. The van der Waals surface area contributed by atoms with Gasteiger partial charge in [-0.15, -0.1) is 0 Å². The van der Waals surface area contributed by atoms with E-state index in [4.69, 9.17) is 9.47 Å². The van der Waals surface area contributed by atoms with Crippen LogP contribution in [0, 0.1) is 0 Å². The molecule has 56 heavy (non-hydrogen) atoms. The van der Waals surface area contributed by atoms with Gasteiger partial charge in [-0.1, -0.05) is 76.6 Å². The third-order valence-corrected chi connectivity index (χ3v) is 10.1. The highest BCUT2D eigenvalue weighted by Gasteiger charge is 2.29. The van der Waals surface area contributed by atoms with Crippen LogP contribution in [0.5, 0.6) is 11.5 Å². The monoisotopic (exact) mass is 910 g/mol. The van der Waals surface area contributed by atoms with E-state index in [0.29, 0.717) is 59.5 Å². The number of ketones is 2. The Bertz CT molecular complexity index is 1350. The van der Waals surface area contributed by atoms with Crippen molar-refractivity contribution in [3.63, 3.8) is 0 Å². The lowest BCUT2D eigenvalue weighted by Gasteiger charge is -2.35. The molecule has 0 spiro atoms. The minimum absolute atomic E-state index is 0. The number of rotatable bonds is 27. The van der Waals surface area contributed by atoms with E-state index in [0.717, 1.165) is 88.4 Å². The molecule has 0 aliphatic carbocycles. The Hall–Kier alpha value is -2.80. The molecule has 0 radical (unpaired) electrons. The van der Waals surface area contributed by atoms with Crippen LogP contribution in [0.3, 0.4) is 0 Å². The van der Waals surface area contributed by atoms with Crippen molar-refractivity contribution in [2.75, 3.05) is 68.5 Å². The molecule has 12 heteroatoms. The van der Waals surface area contributed by atoms with Gasteiger partial charge in [0.1, 0.15) is 37.7 Å². The van der Waals surface area contributed by atoms with E-state index in [1.54, 1.807) is 28.2 Å². The number of unbranched alkanes of at least 4 members (excludes halogenated alkanes) is 9. The molecule has 0 saturated heterocycles.